The van der Waals surface area contributed by atoms with Crippen LogP contribution in [0.5, 0.6) is 0 Å². The van der Waals surface area contributed by atoms with E-state index in [2.05, 4.69) is 0 Å². The minimum Gasteiger partial charge on any atom is -0.329 e. The quantitative estimate of drug-likeness (QED) is 0.437. The van der Waals surface area contributed by atoms with Crippen LogP contribution in [0, 0.1) is 0 Å². The molecule has 0 saturated carbocycles. The van der Waals surface area contributed by atoms with Gasteiger partial charge in [0.05, 0.1) is 0 Å². The van der Waals surface area contributed by atoms with Crippen molar-refractivity contribution in [2.75, 3.05) is 13.1 Å². The molecule has 0 aromatic carbocycles. The summed E-state index contributed by atoms with van der Waals surface area (Å²) in [6.45, 7) is 1.19. The predicted molar refractivity (Wildman–Crippen MR) is 18.1 cm³/mol. The van der Waals surface area contributed by atoms with Crippen LogP contribution in [0.2, 0.25) is 0 Å². The molecular weight excluding hydrogens is 117 g/mol. The van der Waals surface area contributed by atoms with E-state index < -0.39 is 0 Å². The smallest absolute Gasteiger partial charge is 0.329 e. The van der Waals surface area contributed by atoms with Gasteiger partial charge in [-0.1, -0.05) is 0 Å². The van der Waals surface area contributed by atoms with E-state index in [1.807, 2.05) is 0 Å². The van der Waals surface area contributed by atoms with Gasteiger partial charge in [0.15, 0.2) is 0 Å². The summed E-state index contributed by atoms with van der Waals surface area (Å²) in [5.74, 6) is 0. The van der Waals surface area contributed by atoms with Gasteiger partial charge in [0, 0.05) is 13.1 Å². The summed E-state index contributed by atoms with van der Waals surface area (Å²) in [6, 6.07) is 0. The van der Waals surface area contributed by atoms with E-state index in [9.17, 15) is 0 Å². The third-order valence-corrected chi connectivity index (χ3v) is 0.167. The molecule has 0 aromatic rings. The van der Waals surface area contributed by atoms with Crippen LogP contribution in [0.25, 0.3) is 0 Å². The summed E-state index contributed by atoms with van der Waals surface area (Å²) < 4.78 is 0. The second-order valence-corrected chi connectivity index (χ2v) is 0.577. The Morgan fingerprint density at radius 2 is 1.20 bits per heavy atom. The van der Waals surface area contributed by atoms with Crippen LogP contribution in [0.4, 0.5) is 0 Å². The van der Waals surface area contributed by atoms with E-state index in [0.717, 1.165) is 0 Å². The largest absolute Gasteiger partial charge is 2.00 e. The van der Waals surface area contributed by atoms with E-state index >= 15 is 0 Å². The van der Waals surface area contributed by atoms with E-state index in [1.54, 1.807) is 0 Å². The average Bonchev–Trinajstić information content (AvgIpc) is 1.37. The topological polar surface area (TPSA) is 52.0 Å². The predicted octanol–water partition coefficient (Wildman–Crippen LogP) is -1.10. The van der Waals surface area contributed by atoms with Gasteiger partial charge in [-0.2, -0.15) is 0 Å². The van der Waals surface area contributed by atoms with Crippen molar-refractivity contribution in [3.05, 3.63) is 0 Å². The summed E-state index contributed by atoms with van der Waals surface area (Å²) >= 11 is 0. The molecule has 0 fully saturated rings. The number of rotatable bonds is 1. The molecule has 0 atom stereocenters. The van der Waals surface area contributed by atoms with E-state index in [0.29, 0.717) is 13.1 Å². The van der Waals surface area contributed by atoms with Crippen molar-refractivity contribution in [1.29, 1.82) is 0 Å². The van der Waals surface area contributed by atoms with Crippen molar-refractivity contribution >= 4 is 0 Å². The summed E-state index contributed by atoms with van der Waals surface area (Å²) in [4.78, 5) is 0. The Morgan fingerprint density at radius 1 is 1.00 bits per heavy atom. The first-order chi connectivity index (χ1) is 1.91. The zero-order chi connectivity index (χ0) is 3.41. The zero-order valence-electron chi connectivity index (χ0n) is 3.28. The Bertz CT molecular complexity index is 9.61. The minimum absolute atomic E-state index is 0. The molecule has 0 saturated heterocycles. The van der Waals surface area contributed by atoms with Crippen molar-refractivity contribution in [2.24, 2.45) is 11.5 Å². The Balaban J connectivity index is 0. The Hall–Kier alpha value is 0.543. The Kier molecular flexibility index (Phi) is 16.1. The fraction of sp³-hybridized carbons (Fsp3) is 1.00. The molecule has 2 nitrogen and oxygen atoms in total. The van der Waals surface area contributed by atoms with E-state index in [1.165, 1.54) is 0 Å². The van der Waals surface area contributed by atoms with Gasteiger partial charge in [-0.25, -0.2) is 0 Å². The second-order valence-electron chi connectivity index (χ2n) is 0.577. The number of hydrogen-bond acceptors (Lipinski definition) is 2. The molecule has 0 radical (unpaired) electrons. The van der Waals surface area contributed by atoms with Gasteiger partial charge < -0.3 is 11.5 Å². The monoisotopic (exact) mass is 124 g/mol. The molecular formula is C2H8N2Zn+2. The second kappa shape index (κ2) is 8.82. The number of nitrogens with two attached hydrogens (primary N) is 2. The van der Waals surface area contributed by atoms with Crippen LogP contribution in [0.1, 0.15) is 0 Å². The van der Waals surface area contributed by atoms with Gasteiger partial charge in [0.1, 0.15) is 0 Å². The first-order valence-electron chi connectivity index (χ1n) is 1.32. The molecule has 0 rings (SSSR count). The maximum atomic E-state index is 4.90. The van der Waals surface area contributed by atoms with Crippen LogP contribution in [0.15, 0.2) is 0 Å². The first-order valence-corrected chi connectivity index (χ1v) is 1.32. The van der Waals surface area contributed by atoms with Gasteiger partial charge in [-0.05, 0) is 0 Å². The molecule has 26 valence electrons. The summed E-state index contributed by atoms with van der Waals surface area (Å²) in [5, 5.41) is 0. The van der Waals surface area contributed by atoms with Crippen LogP contribution in [-0.2, 0) is 19.5 Å². The molecule has 0 amide bonds. The van der Waals surface area contributed by atoms with Gasteiger partial charge in [0.25, 0.3) is 0 Å². The van der Waals surface area contributed by atoms with E-state index in [-0.39, 0.29) is 19.5 Å². The SMILES string of the molecule is NCCN.[Zn+2]. The van der Waals surface area contributed by atoms with Gasteiger partial charge in [-0.3, -0.25) is 0 Å². The third kappa shape index (κ3) is 12.3. The summed E-state index contributed by atoms with van der Waals surface area (Å²) in [7, 11) is 0. The molecule has 4 N–H and O–H groups in total. The summed E-state index contributed by atoms with van der Waals surface area (Å²) in [5.41, 5.74) is 9.81. The molecule has 5 heavy (non-hydrogen) atoms. The number of hydrogen-bond donors (Lipinski definition) is 2. The molecule has 0 heterocycles. The van der Waals surface area contributed by atoms with Crippen LogP contribution >= 0.6 is 0 Å². The van der Waals surface area contributed by atoms with Crippen molar-refractivity contribution in [1.82, 2.24) is 0 Å². The molecule has 3 heteroatoms. The van der Waals surface area contributed by atoms with Crippen molar-refractivity contribution in [3.63, 3.8) is 0 Å². The van der Waals surface area contributed by atoms with Crippen molar-refractivity contribution in [2.45, 2.75) is 0 Å². The molecule has 0 aliphatic carbocycles. The fourth-order valence-electron chi connectivity index (χ4n) is 0. The Morgan fingerprint density at radius 3 is 1.20 bits per heavy atom. The molecule has 0 aliphatic heterocycles. The maximum absolute atomic E-state index is 4.90. The van der Waals surface area contributed by atoms with Crippen molar-refractivity contribution < 1.29 is 19.5 Å². The molecule has 0 unspecified atom stereocenters. The normalized spacial score (nSPS) is 6.00. The van der Waals surface area contributed by atoms with Crippen LogP contribution in [0.3, 0.4) is 0 Å². The van der Waals surface area contributed by atoms with Gasteiger partial charge >= 0.3 is 19.5 Å². The average molecular weight is 125 g/mol. The standard InChI is InChI=1S/C2H8N2.Zn/c3-1-2-4;/h1-4H2;/q;+2. The molecule has 0 aromatic heterocycles. The maximum Gasteiger partial charge on any atom is 2.00 e. The minimum atomic E-state index is 0. The third-order valence-electron chi connectivity index (χ3n) is 0.167. The molecule has 0 spiro atoms. The first kappa shape index (κ1) is 9.11. The van der Waals surface area contributed by atoms with Gasteiger partial charge in [-0.15, -0.1) is 0 Å². The van der Waals surface area contributed by atoms with Crippen molar-refractivity contribution in [3.8, 4) is 0 Å². The Labute approximate surface area is 44.7 Å². The van der Waals surface area contributed by atoms with E-state index in [4.69, 9.17) is 11.5 Å². The van der Waals surface area contributed by atoms with Gasteiger partial charge in [0.2, 0.25) is 0 Å². The zero-order valence-corrected chi connectivity index (χ0v) is 6.24. The summed E-state index contributed by atoms with van der Waals surface area (Å²) in [6.07, 6.45) is 0. The molecule has 0 bridgehead atoms. The van der Waals surface area contributed by atoms with Crippen LogP contribution < -0.4 is 11.5 Å². The fourth-order valence-corrected chi connectivity index (χ4v) is 0. The van der Waals surface area contributed by atoms with Crippen LogP contribution in [-0.4, -0.2) is 13.1 Å². The molecule has 0 aliphatic rings.